The molecule has 2 unspecified atom stereocenters. The number of phenols is 1. The van der Waals surface area contributed by atoms with Crippen molar-refractivity contribution in [2.75, 3.05) is 65.6 Å². The van der Waals surface area contributed by atoms with Gasteiger partial charge in [0.25, 0.3) is 5.91 Å². The number of hydrogen-bond donors (Lipinski definition) is 4. The van der Waals surface area contributed by atoms with Gasteiger partial charge in [-0.15, -0.1) is 0 Å². The minimum atomic E-state index is -0.905. The van der Waals surface area contributed by atoms with Gasteiger partial charge in [-0.25, -0.2) is 4.79 Å². The SMILES string of the molecule is CCC(C)(C)C(=O)C(=O)N1CCCCC1C(=O)OC(CCc1ccc(OC)c(OC)c1)c1cccc(CC(=O)CCC(=O)NCCOCCCCCOCCNC(=S)Nc2ccc(-c3c4ccc(=O)cc-4oc4cc(O)ccc34)cc2)c1.O=C=O. The number of aryl methyl sites for hydroxylation is 1. The molecule has 7 rings (SSSR count). The van der Waals surface area contributed by atoms with E-state index in [4.69, 9.17) is 49.9 Å². The summed E-state index contributed by atoms with van der Waals surface area (Å²) >= 11 is 5.51. The molecule has 0 spiro atoms. The fourth-order valence-corrected chi connectivity index (χ4v) is 9.98. The van der Waals surface area contributed by atoms with Gasteiger partial charge < -0.3 is 54.1 Å². The summed E-state index contributed by atoms with van der Waals surface area (Å²) in [6.07, 6.45) is 5.43. The van der Waals surface area contributed by atoms with E-state index in [-0.39, 0.29) is 54.8 Å². The molecule has 19 nitrogen and oxygen atoms in total. The first-order chi connectivity index (χ1) is 41.0. The van der Waals surface area contributed by atoms with Gasteiger partial charge in [0.15, 0.2) is 22.0 Å². The second kappa shape index (κ2) is 33.3. The zero-order valence-electron chi connectivity index (χ0n) is 48.9. The number of fused-ring (bicyclic) bond motifs is 2. The summed E-state index contributed by atoms with van der Waals surface area (Å²) in [5.41, 5.74) is 5.14. The van der Waals surface area contributed by atoms with Crippen molar-refractivity contribution in [3.63, 3.8) is 0 Å². The molecule has 0 radical (unpaired) electrons. The molecule has 1 aliphatic carbocycles. The summed E-state index contributed by atoms with van der Waals surface area (Å²) in [6, 6.07) is 29.5. The zero-order valence-corrected chi connectivity index (χ0v) is 49.7. The molecule has 3 aliphatic rings. The number of esters is 1. The van der Waals surface area contributed by atoms with E-state index < -0.39 is 35.2 Å². The lowest BCUT2D eigenvalue weighted by Crippen LogP contribution is -2.53. The molecule has 0 aromatic heterocycles. The monoisotopic (exact) mass is 1180 g/mol. The summed E-state index contributed by atoms with van der Waals surface area (Å²) < 4.78 is 34.7. The van der Waals surface area contributed by atoms with E-state index in [0.29, 0.717) is 117 Å². The Labute approximate surface area is 500 Å². The van der Waals surface area contributed by atoms with Gasteiger partial charge >= 0.3 is 12.1 Å². The highest BCUT2D eigenvalue weighted by Crippen LogP contribution is 2.41. The number of nitrogens with zero attached hydrogens (tertiary/aromatic N) is 1. The molecule has 0 saturated carbocycles. The average molecular weight is 1190 g/mol. The maximum Gasteiger partial charge on any atom is 0.373 e. The first kappa shape index (κ1) is 65.9. The Bertz CT molecular complexity index is 3300. The standard InChI is InChI=1S/C64H76N4O13S.CO2/c1-6-64(2,3)60(73)61(74)68-32-9-8-15-52(68)62(75)81-53(27-16-42-17-28-54(76-4)57(39-42)77-5)45-14-12-13-43(37-45)38-47(69)24-29-58(72)65-30-35-78-33-10-7-11-34-79-36-31-66-63(82)67-46-20-18-44(19-21-46)59-50-25-22-48(70)40-55(50)80-56-41-49(71)23-26-51(56)59;2-1-3/h12-14,17-23,25-26,28,37,39-41,52-53,70H,6-11,15-16,24,27,29-36,38H2,1-5H3,(H,65,72)(H2,66,67,82);. The van der Waals surface area contributed by atoms with Crippen LogP contribution in [0.25, 0.3) is 33.4 Å². The van der Waals surface area contributed by atoms with Crippen LogP contribution >= 0.6 is 12.2 Å². The van der Waals surface area contributed by atoms with Crippen molar-refractivity contribution in [1.29, 1.82) is 0 Å². The number of likely N-dealkylation sites (tertiary alicyclic amines) is 1. The number of piperidine rings is 1. The molecule has 1 fully saturated rings. The maximum atomic E-state index is 14.1. The molecule has 4 aromatic rings. The summed E-state index contributed by atoms with van der Waals surface area (Å²) in [7, 11) is 3.13. The number of aromatic hydroxyl groups is 1. The van der Waals surface area contributed by atoms with Crippen molar-refractivity contribution in [1.82, 2.24) is 15.5 Å². The van der Waals surface area contributed by atoms with Gasteiger partial charge in [0.2, 0.25) is 11.7 Å². The van der Waals surface area contributed by atoms with E-state index in [1.807, 2.05) is 73.7 Å². The van der Waals surface area contributed by atoms with Crippen molar-refractivity contribution in [3.8, 4) is 39.7 Å². The third kappa shape index (κ3) is 19.6. The Morgan fingerprint density at radius 2 is 1.52 bits per heavy atom. The second-order valence-corrected chi connectivity index (χ2v) is 21.6. The van der Waals surface area contributed by atoms with Crippen molar-refractivity contribution in [2.24, 2.45) is 5.41 Å². The topological polar surface area (TPSA) is 255 Å². The molecule has 2 aliphatic heterocycles. The highest BCUT2D eigenvalue weighted by molar-refractivity contribution is 7.80. The van der Waals surface area contributed by atoms with Gasteiger partial charge in [0, 0.05) is 91.9 Å². The zero-order chi connectivity index (χ0) is 61.3. The molecule has 2 atom stereocenters. The number of amides is 2. The number of hydrogen-bond acceptors (Lipinski definition) is 16. The lowest BCUT2D eigenvalue weighted by molar-refractivity contribution is -0.191. The molecule has 4 N–H and O–H groups in total. The quantitative estimate of drug-likeness (QED) is 0.0108. The number of nitrogens with one attached hydrogen (secondary N) is 3. The highest BCUT2D eigenvalue weighted by Gasteiger charge is 2.41. The summed E-state index contributed by atoms with van der Waals surface area (Å²) in [6.45, 7) is 8.45. The number of anilines is 1. The van der Waals surface area contributed by atoms with Gasteiger partial charge in [-0.1, -0.05) is 63.2 Å². The predicted octanol–water partition coefficient (Wildman–Crippen LogP) is 9.51. The molecule has 85 heavy (non-hydrogen) atoms. The molecular formula is C65H76N4O15S. The lowest BCUT2D eigenvalue weighted by atomic mass is 9.84. The second-order valence-electron chi connectivity index (χ2n) is 21.2. The lowest BCUT2D eigenvalue weighted by Gasteiger charge is -2.36. The highest BCUT2D eigenvalue weighted by atomic mass is 32.1. The smallest absolute Gasteiger partial charge is 0.373 e. The van der Waals surface area contributed by atoms with Crippen LogP contribution in [-0.4, -0.2) is 117 Å². The summed E-state index contributed by atoms with van der Waals surface area (Å²) in [5, 5.41) is 20.5. The molecule has 2 amide bonds. The van der Waals surface area contributed by atoms with E-state index in [1.165, 1.54) is 23.1 Å². The van der Waals surface area contributed by atoms with Gasteiger partial charge in [-0.3, -0.25) is 24.0 Å². The van der Waals surface area contributed by atoms with Crippen LogP contribution in [0.3, 0.4) is 0 Å². The Balaban J connectivity index is 0.00000377. The number of Topliss-reactive ketones (excluding diaryl/α,β-unsaturated/α-hetero) is 2. The van der Waals surface area contributed by atoms with Crippen LogP contribution < -0.4 is 30.9 Å². The number of benzene rings is 5. The van der Waals surface area contributed by atoms with Crippen molar-refractivity contribution >= 4 is 69.5 Å². The van der Waals surface area contributed by atoms with Crippen LogP contribution in [0.15, 0.2) is 112 Å². The van der Waals surface area contributed by atoms with E-state index in [0.717, 1.165) is 52.6 Å². The maximum absolute atomic E-state index is 14.1. The molecule has 1 saturated heterocycles. The number of methoxy groups -OCH3 is 2. The van der Waals surface area contributed by atoms with Crippen molar-refractivity contribution in [2.45, 2.75) is 110 Å². The normalized spacial score (nSPS) is 13.4. The number of carbonyl (C=O) groups excluding carboxylic acids is 7. The Hall–Kier alpha value is -8.29. The number of phenolic OH excluding ortho intramolecular Hbond substituents is 1. The van der Waals surface area contributed by atoms with Gasteiger partial charge in [-0.2, -0.15) is 9.59 Å². The van der Waals surface area contributed by atoms with Crippen molar-refractivity contribution < 1.29 is 66.8 Å². The van der Waals surface area contributed by atoms with Gasteiger partial charge in [0.05, 0.1) is 27.4 Å². The van der Waals surface area contributed by atoms with Crippen LogP contribution in [0.4, 0.5) is 5.69 Å². The molecular weight excluding hydrogens is 1110 g/mol. The minimum Gasteiger partial charge on any atom is -0.508 e. The van der Waals surface area contributed by atoms with E-state index in [2.05, 4.69) is 16.0 Å². The number of unbranched alkanes of at least 4 members (excludes halogenated alkanes) is 2. The fourth-order valence-electron chi connectivity index (χ4n) is 9.76. The number of rotatable bonds is 30. The third-order valence-corrected chi connectivity index (χ3v) is 15.0. The van der Waals surface area contributed by atoms with Crippen LogP contribution in [0.1, 0.15) is 108 Å². The number of ether oxygens (including phenoxy) is 5. The largest absolute Gasteiger partial charge is 0.508 e. The first-order valence-electron chi connectivity index (χ1n) is 28.6. The third-order valence-electron chi connectivity index (χ3n) is 14.8. The molecule has 4 aromatic carbocycles. The summed E-state index contributed by atoms with van der Waals surface area (Å²) in [5.74, 6) is -0.466. The fraction of sp³-hybridized carbons (Fsp3) is 0.415. The van der Waals surface area contributed by atoms with Crippen LogP contribution in [0.2, 0.25) is 0 Å². The predicted molar refractivity (Wildman–Crippen MR) is 323 cm³/mol. The van der Waals surface area contributed by atoms with Crippen LogP contribution in [0, 0.1) is 5.41 Å². The summed E-state index contributed by atoms with van der Waals surface area (Å²) in [4.78, 5) is 96.5. The molecule has 2 heterocycles. The Kier molecular flexibility index (Phi) is 25.8. The Morgan fingerprint density at radius 1 is 0.800 bits per heavy atom. The molecule has 20 heteroatoms. The molecule has 0 bridgehead atoms. The minimum absolute atomic E-state index is 0.0359. The van der Waals surface area contributed by atoms with E-state index >= 15 is 0 Å². The molecule has 452 valence electrons. The Morgan fingerprint density at radius 3 is 2.22 bits per heavy atom. The van der Waals surface area contributed by atoms with Gasteiger partial charge in [0.1, 0.15) is 35.0 Å². The van der Waals surface area contributed by atoms with E-state index in [9.17, 15) is 33.9 Å². The van der Waals surface area contributed by atoms with Crippen LogP contribution in [-0.2, 0) is 60.6 Å². The van der Waals surface area contributed by atoms with Gasteiger partial charge in [-0.05, 0) is 141 Å². The van der Waals surface area contributed by atoms with Crippen LogP contribution in [0.5, 0.6) is 17.2 Å². The number of ketones is 2. The average Bonchev–Trinajstić information content (AvgIpc) is 1.79. The first-order valence-corrected chi connectivity index (χ1v) is 29.0. The van der Waals surface area contributed by atoms with E-state index in [1.54, 1.807) is 46.3 Å². The number of thiocarbonyl (C=S) groups is 1. The van der Waals surface area contributed by atoms with Crippen molar-refractivity contribution in [3.05, 3.63) is 130 Å². The number of carbonyl (C=O) groups is 5.